The standard InChI is InChI=1S/C18H22ClNO/c1-3-20-13-12-18(2,21)16-8-4-14(5-9-16)15-6-10-17(19)11-7-15/h4-11,20-21H,3,12-13H2,1-2H3. The van der Waals surface area contributed by atoms with Crippen LogP contribution in [0.5, 0.6) is 0 Å². The molecule has 0 aliphatic heterocycles. The number of aliphatic hydroxyl groups is 1. The Hall–Kier alpha value is -1.35. The molecule has 112 valence electrons. The van der Waals surface area contributed by atoms with Crippen LogP contribution in [-0.2, 0) is 5.60 Å². The van der Waals surface area contributed by atoms with Crippen LogP contribution in [0, 0.1) is 0 Å². The van der Waals surface area contributed by atoms with E-state index in [2.05, 4.69) is 12.2 Å². The lowest BCUT2D eigenvalue weighted by Crippen LogP contribution is -2.27. The van der Waals surface area contributed by atoms with Crippen molar-refractivity contribution in [3.8, 4) is 11.1 Å². The smallest absolute Gasteiger partial charge is 0.0880 e. The van der Waals surface area contributed by atoms with Gasteiger partial charge in [-0.05, 0) is 55.3 Å². The average Bonchev–Trinajstić information content (AvgIpc) is 2.48. The van der Waals surface area contributed by atoms with Crippen LogP contribution in [-0.4, -0.2) is 18.2 Å². The molecule has 0 saturated heterocycles. The molecule has 0 spiro atoms. The van der Waals surface area contributed by atoms with E-state index in [1.54, 1.807) is 0 Å². The van der Waals surface area contributed by atoms with Crippen LogP contribution in [0.1, 0.15) is 25.8 Å². The van der Waals surface area contributed by atoms with Crippen molar-refractivity contribution in [3.05, 3.63) is 59.1 Å². The van der Waals surface area contributed by atoms with Crippen LogP contribution in [0.25, 0.3) is 11.1 Å². The van der Waals surface area contributed by atoms with Gasteiger partial charge in [0.25, 0.3) is 0 Å². The number of nitrogens with one attached hydrogen (secondary N) is 1. The molecule has 1 unspecified atom stereocenters. The van der Waals surface area contributed by atoms with Crippen LogP contribution in [0.4, 0.5) is 0 Å². The maximum Gasteiger partial charge on any atom is 0.0880 e. The molecule has 1 atom stereocenters. The molecule has 0 aromatic heterocycles. The Balaban J connectivity index is 2.12. The summed E-state index contributed by atoms with van der Waals surface area (Å²) in [6, 6.07) is 15.8. The summed E-state index contributed by atoms with van der Waals surface area (Å²) < 4.78 is 0. The largest absolute Gasteiger partial charge is 0.385 e. The van der Waals surface area contributed by atoms with Gasteiger partial charge in [0.2, 0.25) is 0 Å². The van der Waals surface area contributed by atoms with Gasteiger partial charge in [0, 0.05) is 5.02 Å². The molecule has 0 aliphatic rings. The van der Waals surface area contributed by atoms with Crippen molar-refractivity contribution in [2.24, 2.45) is 0 Å². The molecule has 2 nitrogen and oxygen atoms in total. The van der Waals surface area contributed by atoms with Crippen LogP contribution in [0.2, 0.25) is 5.02 Å². The number of hydrogen-bond donors (Lipinski definition) is 2. The Bertz CT molecular complexity index is 561. The second-order valence-corrected chi connectivity index (χ2v) is 5.90. The second-order valence-electron chi connectivity index (χ2n) is 5.46. The van der Waals surface area contributed by atoms with Crippen molar-refractivity contribution >= 4 is 11.6 Å². The third kappa shape index (κ3) is 4.31. The summed E-state index contributed by atoms with van der Waals surface area (Å²) in [5, 5.41) is 14.5. The third-order valence-corrected chi connectivity index (χ3v) is 3.97. The maximum atomic E-state index is 10.6. The van der Waals surface area contributed by atoms with Crippen LogP contribution >= 0.6 is 11.6 Å². The van der Waals surface area contributed by atoms with Crippen molar-refractivity contribution in [1.82, 2.24) is 5.32 Å². The van der Waals surface area contributed by atoms with Crippen molar-refractivity contribution in [2.45, 2.75) is 25.9 Å². The van der Waals surface area contributed by atoms with E-state index in [4.69, 9.17) is 11.6 Å². The molecule has 0 heterocycles. The summed E-state index contributed by atoms with van der Waals surface area (Å²) in [4.78, 5) is 0. The Labute approximate surface area is 131 Å². The summed E-state index contributed by atoms with van der Waals surface area (Å²) in [5.41, 5.74) is 2.38. The van der Waals surface area contributed by atoms with E-state index in [0.717, 1.165) is 34.8 Å². The molecule has 0 saturated carbocycles. The summed E-state index contributed by atoms with van der Waals surface area (Å²) in [6.07, 6.45) is 0.696. The Morgan fingerprint density at radius 3 is 2.05 bits per heavy atom. The predicted molar refractivity (Wildman–Crippen MR) is 89.6 cm³/mol. The average molecular weight is 304 g/mol. The number of benzene rings is 2. The SMILES string of the molecule is CCNCCC(C)(O)c1ccc(-c2ccc(Cl)cc2)cc1. The molecule has 2 aromatic carbocycles. The fourth-order valence-corrected chi connectivity index (χ4v) is 2.44. The van der Waals surface area contributed by atoms with Crippen molar-refractivity contribution in [2.75, 3.05) is 13.1 Å². The van der Waals surface area contributed by atoms with E-state index >= 15 is 0 Å². The molecule has 0 bridgehead atoms. The lowest BCUT2D eigenvalue weighted by molar-refractivity contribution is 0.0482. The summed E-state index contributed by atoms with van der Waals surface area (Å²) >= 11 is 5.91. The van der Waals surface area contributed by atoms with Crippen molar-refractivity contribution in [1.29, 1.82) is 0 Å². The number of rotatable bonds is 6. The van der Waals surface area contributed by atoms with Gasteiger partial charge in [0.15, 0.2) is 0 Å². The normalized spacial score (nSPS) is 13.9. The highest BCUT2D eigenvalue weighted by atomic mass is 35.5. The molecule has 2 aromatic rings. The van der Waals surface area contributed by atoms with E-state index in [1.807, 2.05) is 55.5 Å². The van der Waals surface area contributed by atoms with E-state index in [1.165, 1.54) is 0 Å². The van der Waals surface area contributed by atoms with Crippen molar-refractivity contribution < 1.29 is 5.11 Å². The maximum absolute atomic E-state index is 10.6. The van der Waals surface area contributed by atoms with Gasteiger partial charge in [-0.25, -0.2) is 0 Å². The minimum atomic E-state index is -0.805. The molecule has 0 fully saturated rings. The fourth-order valence-electron chi connectivity index (χ4n) is 2.32. The number of hydrogen-bond acceptors (Lipinski definition) is 2. The highest BCUT2D eigenvalue weighted by Gasteiger charge is 2.22. The first-order valence-electron chi connectivity index (χ1n) is 7.32. The van der Waals surface area contributed by atoms with Gasteiger partial charge in [-0.2, -0.15) is 0 Å². The summed E-state index contributed by atoms with van der Waals surface area (Å²) in [7, 11) is 0. The minimum absolute atomic E-state index is 0.696. The molecule has 0 radical (unpaired) electrons. The third-order valence-electron chi connectivity index (χ3n) is 3.72. The lowest BCUT2D eigenvalue weighted by Gasteiger charge is -2.24. The fraction of sp³-hybridized carbons (Fsp3) is 0.333. The zero-order chi connectivity index (χ0) is 15.3. The van der Waals surface area contributed by atoms with Gasteiger partial charge < -0.3 is 10.4 Å². The molecular formula is C18H22ClNO. The lowest BCUT2D eigenvalue weighted by atomic mass is 9.91. The van der Waals surface area contributed by atoms with E-state index in [0.29, 0.717) is 6.42 Å². The van der Waals surface area contributed by atoms with Crippen LogP contribution < -0.4 is 5.32 Å². The first-order chi connectivity index (χ1) is 10.0. The van der Waals surface area contributed by atoms with Gasteiger partial charge in [-0.15, -0.1) is 0 Å². The molecule has 0 aliphatic carbocycles. The van der Waals surface area contributed by atoms with E-state index < -0.39 is 5.60 Å². The molecular weight excluding hydrogens is 282 g/mol. The van der Waals surface area contributed by atoms with Crippen LogP contribution in [0.15, 0.2) is 48.5 Å². The molecule has 21 heavy (non-hydrogen) atoms. The summed E-state index contributed by atoms with van der Waals surface area (Å²) in [5.74, 6) is 0. The first kappa shape index (κ1) is 16.0. The topological polar surface area (TPSA) is 32.3 Å². The zero-order valence-corrected chi connectivity index (χ0v) is 13.3. The summed E-state index contributed by atoms with van der Waals surface area (Å²) in [6.45, 7) is 5.66. The zero-order valence-electron chi connectivity index (χ0n) is 12.6. The Morgan fingerprint density at radius 1 is 1.00 bits per heavy atom. The molecule has 3 heteroatoms. The van der Waals surface area contributed by atoms with Gasteiger partial charge in [-0.3, -0.25) is 0 Å². The number of halogens is 1. The van der Waals surface area contributed by atoms with Gasteiger partial charge in [0.05, 0.1) is 5.60 Å². The molecule has 0 amide bonds. The van der Waals surface area contributed by atoms with Gasteiger partial charge in [0.1, 0.15) is 0 Å². The monoisotopic (exact) mass is 303 g/mol. The quantitative estimate of drug-likeness (QED) is 0.783. The van der Waals surface area contributed by atoms with Crippen LogP contribution in [0.3, 0.4) is 0 Å². The Morgan fingerprint density at radius 2 is 1.52 bits per heavy atom. The van der Waals surface area contributed by atoms with Gasteiger partial charge >= 0.3 is 0 Å². The second kappa shape index (κ2) is 7.08. The highest BCUT2D eigenvalue weighted by Crippen LogP contribution is 2.27. The van der Waals surface area contributed by atoms with E-state index in [9.17, 15) is 5.11 Å². The first-order valence-corrected chi connectivity index (χ1v) is 7.70. The predicted octanol–water partition coefficient (Wildman–Crippen LogP) is 4.21. The minimum Gasteiger partial charge on any atom is -0.385 e. The van der Waals surface area contributed by atoms with E-state index in [-0.39, 0.29) is 0 Å². The molecule has 2 N–H and O–H groups in total. The Kier molecular flexibility index (Phi) is 5.40. The van der Waals surface area contributed by atoms with Crippen molar-refractivity contribution in [3.63, 3.8) is 0 Å². The molecule has 2 rings (SSSR count). The highest BCUT2D eigenvalue weighted by molar-refractivity contribution is 6.30. The van der Waals surface area contributed by atoms with Gasteiger partial charge in [-0.1, -0.05) is 54.9 Å².